The summed E-state index contributed by atoms with van der Waals surface area (Å²) in [4.78, 5) is 10.8. The number of aromatic carboxylic acids is 1. The van der Waals surface area contributed by atoms with Gasteiger partial charge in [-0.2, -0.15) is 0 Å². The number of halogens is 1. The van der Waals surface area contributed by atoms with Crippen LogP contribution in [-0.2, 0) is 0 Å². The van der Waals surface area contributed by atoms with E-state index in [2.05, 4.69) is 0 Å². The number of benzene rings is 1. The SMILES string of the molecule is O=C(O)c1cccn1-c1ccc(F)cc1. The predicted molar refractivity (Wildman–Crippen MR) is 52.7 cm³/mol. The molecule has 0 fully saturated rings. The minimum atomic E-state index is -1.01. The number of carboxylic acids is 1. The Balaban J connectivity index is 2.49. The first-order chi connectivity index (χ1) is 7.18. The molecule has 0 unspecified atom stereocenters. The molecule has 0 spiro atoms. The molecule has 1 aromatic heterocycles. The van der Waals surface area contributed by atoms with Crippen molar-refractivity contribution in [2.45, 2.75) is 0 Å². The molecule has 0 aliphatic rings. The van der Waals surface area contributed by atoms with Crippen LogP contribution in [0.1, 0.15) is 10.5 Å². The van der Waals surface area contributed by atoms with Gasteiger partial charge in [-0.15, -0.1) is 0 Å². The number of hydrogen-bond acceptors (Lipinski definition) is 1. The lowest BCUT2D eigenvalue weighted by Crippen LogP contribution is -2.05. The molecule has 0 aliphatic carbocycles. The summed E-state index contributed by atoms with van der Waals surface area (Å²) in [5, 5.41) is 8.88. The van der Waals surface area contributed by atoms with E-state index in [-0.39, 0.29) is 11.5 Å². The van der Waals surface area contributed by atoms with Crippen molar-refractivity contribution >= 4 is 5.97 Å². The topological polar surface area (TPSA) is 42.2 Å². The molecule has 0 aliphatic heterocycles. The molecule has 1 heterocycles. The third-order valence-electron chi connectivity index (χ3n) is 2.07. The Hall–Kier alpha value is -2.10. The summed E-state index contributed by atoms with van der Waals surface area (Å²) in [6, 6.07) is 8.77. The fourth-order valence-electron chi connectivity index (χ4n) is 1.38. The van der Waals surface area contributed by atoms with Crippen LogP contribution in [0.25, 0.3) is 5.69 Å². The summed E-state index contributed by atoms with van der Waals surface area (Å²) >= 11 is 0. The van der Waals surface area contributed by atoms with Crippen molar-refractivity contribution in [3.05, 3.63) is 54.1 Å². The number of aromatic nitrogens is 1. The maximum absolute atomic E-state index is 12.7. The number of carbonyl (C=O) groups is 1. The first-order valence-corrected chi connectivity index (χ1v) is 4.35. The average molecular weight is 205 g/mol. The van der Waals surface area contributed by atoms with E-state index in [1.165, 1.54) is 34.9 Å². The zero-order chi connectivity index (χ0) is 10.8. The van der Waals surface area contributed by atoms with Gasteiger partial charge in [-0.1, -0.05) is 0 Å². The molecule has 2 aromatic rings. The highest BCUT2D eigenvalue weighted by atomic mass is 19.1. The number of nitrogens with zero attached hydrogens (tertiary/aromatic N) is 1. The molecule has 2 rings (SSSR count). The average Bonchev–Trinajstić information content (AvgIpc) is 2.67. The van der Waals surface area contributed by atoms with Crippen LogP contribution in [0.4, 0.5) is 4.39 Å². The number of carboxylic acid groups (broad SMARTS) is 1. The Morgan fingerprint density at radius 3 is 2.47 bits per heavy atom. The maximum atomic E-state index is 12.7. The standard InChI is InChI=1S/C11H8FNO2/c12-8-3-5-9(6-4-8)13-7-1-2-10(13)11(14)15/h1-7H,(H,14,15). The largest absolute Gasteiger partial charge is 0.477 e. The lowest BCUT2D eigenvalue weighted by atomic mass is 10.3. The van der Waals surface area contributed by atoms with Gasteiger partial charge in [-0.05, 0) is 36.4 Å². The molecule has 0 saturated carbocycles. The third-order valence-corrected chi connectivity index (χ3v) is 2.07. The first-order valence-electron chi connectivity index (χ1n) is 4.35. The Labute approximate surface area is 85.4 Å². The third kappa shape index (κ3) is 1.74. The molecule has 4 heteroatoms. The van der Waals surface area contributed by atoms with Gasteiger partial charge < -0.3 is 9.67 Å². The molecule has 15 heavy (non-hydrogen) atoms. The Morgan fingerprint density at radius 2 is 1.87 bits per heavy atom. The van der Waals surface area contributed by atoms with Crippen molar-refractivity contribution in [3.8, 4) is 5.69 Å². The summed E-state index contributed by atoms with van der Waals surface area (Å²) in [7, 11) is 0. The van der Waals surface area contributed by atoms with E-state index < -0.39 is 5.97 Å². The smallest absolute Gasteiger partial charge is 0.352 e. The van der Waals surface area contributed by atoms with Crippen molar-refractivity contribution in [2.24, 2.45) is 0 Å². The zero-order valence-corrected chi connectivity index (χ0v) is 7.72. The van der Waals surface area contributed by atoms with Gasteiger partial charge >= 0.3 is 5.97 Å². The van der Waals surface area contributed by atoms with Crippen molar-refractivity contribution in [3.63, 3.8) is 0 Å². The van der Waals surface area contributed by atoms with Crippen molar-refractivity contribution < 1.29 is 14.3 Å². The van der Waals surface area contributed by atoms with Crippen LogP contribution >= 0.6 is 0 Å². The Bertz CT molecular complexity index is 488. The van der Waals surface area contributed by atoms with E-state index in [1.807, 2.05) is 0 Å². The molecule has 0 bridgehead atoms. The summed E-state index contributed by atoms with van der Waals surface area (Å²) < 4.78 is 14.1. The number of hydrogen-bond donors (Lipinski definition) is 1. The molecular formula is C11H8FNO2. The normalized spacial score (nSPS) is 10.2. The van der Waals surface area contributed by atoms with Crippen LogP contribution < -0.4 is 0 Å². The summed E-state index contributed by atoms with van der Waals surface area (Å²) in [6.45, 7) is 0. The lowest BCUT2D eigenvalue weighted by Gasteiger charge is -2.05. The summed E-state index contributed by atoms with van der Waals surface area (Å²) in [5.74, 6) is -1.35. The van der Waals surface area contributed by atoms with Gasteiger partial charge in [0.1, 0.15) is 11.5 Å². The van der Waals surface area contributed by atoms with Gasteiger partial charge in [0.15, 0.2) is 0 Å². The fraction of sp³-hybridized carbons (Fsp3) is 0. The van der Waals surface area contributed by atoms with E-state index in [0.717, 1.165) is 0 Å². The van der Waals surface area contributed by atoms with Gasteiger partial charge in [-0.3, -0.25) is 0 Å². The fourth-order valence-corrected chi connectivity index (χ4v) is 1.38. The molecule has 3 nitrogen and oxygen atoms in total. The van der Waals surface area contributed by atoms with E-state index >= 15 is 0 Å². The van der Waals surface area contributed by atoms with Crippen molar-refractivity contribution in [1.82, 2.24) is 4.57 Å². The van der Waals surface area contributed by atoms with E-state index in [0.29, 0.717) is 5.69 Å². The highest BCUT2D eigenvalue weighted by Crippen LogP contribution is 2.13. The first kappa shape index (κ1) is 9.45. The van der Waals surface area contributed by atoms with Crippen molar-refractivity contribution in [2.75, 3.05) is 0 Å². The Kier molecular flexibility index (Phi) is 2.25. The van der Waals surface area contributed by atoms with Crippen LogP contribution in [0, 0.1) is 5.82 Å². The van der Waals surface area contributed by atoms with Crippen LogP contribution in [0.5, 0.6) is 0 Å². The minimum Gasteiger partial charge on any atom is -0.477 e. The second-order valence-corrected chi connectivity index (χ2v) is 3.04. The molecule has 1 aromatic carbocycles. The highest BCUT2D eigenvalue weighted by Gasteiger charge is 2.09. The van der Waals surface area contributed by atoms with Crippen molar-refractivity contribution in [1.29, 1.82) is 0 Å². The van der Waals surface area contributed by atoms with Gasteiger partial charge in [0.25, 0.3) is 0 Å². The van der Waals surface area contributed by atoms with Gasteiger partial charge in [0.2, 0.25) is 0 Å². The highest BCUT2D eigenvalue weighted by molar-refractivity contribution is 5.86. The molecular weight excluding hydrogens is 197 g/mol. The molecule has 0 radical (unpaired) electrons. The molecule has 0 saturated heterocycles. The van der Waals surface area contributed by atoms with Crippen LogP contribution in [0.2, 0.25) is 0 Å². The van der Waals surface area contributed by atoms with Gasteiger partial charge in [0.05, 0.1) is 0 Å². The molecule has 0 atom stereocenters. The second kappa shape index (κ2) is 3.57. The second-order valence-electron chi connectivity index (χ2n) is 3.04. The minimum absolute atomic E-state index is 0.154. The lowest BCUT2D eigenvalue weighted by molar-refractivity contribution is 0.0688. The monoisotopic (exact) mass is 205 g/mol. The van der Waals surface area contributed by atoms with Crippen LogP contribution in [0.3, 0.4) is 0 Å². The van der Waals surface area contributed by atoms with Gasteiger partial charge in [0, 0.05) is 11.9 Å². The van der Waals surface area contributed by atoms with E-state index in [4.69, 9.17) is 5.11 Å². The summed E-state index contributed by atoms with van der Waals surface area (Å²) in [6.07, 6.45) is 1.62. The van der Waals surface area contributed by atoms with E-state index in [1.54, 1.807) is 12.3 Å². The maximum Gasteiger partial charge on any atom is 0.352 e. The zero-order valence-electron chi connectivity index (χ0n) is 7.72. The molecule has 0 amide bonds. The number of rotatable bonds is 2. The Morgan fingerprint density at radius 1 is 1.20 bits per heavy atom. The molecule has 1 N–H and O–H groups in total. The predicted octanol–water partition coefficient (Wildman–Crippen LogP) is 2.31. The van der Waals surface area contributed by atoms with Crippen LogP contribution in [0.15, 0.2) is 42.6 Å². The van der Waals surface area contributed by atoms with Crippen LogP contribution in [-0.4, -0.2) is 15.6 Å². The summed E-state index contributed by atoms with van der Waals surface area (Å²) in [5.41, 5.74) is 0.778. The quantitative estimate of drug-likeness (QED) is 0.817. The molecule has 76 valence electrons. The van der Waals surface area contributed by atoms with Gasteiger partial charge in [-0.25, -0.2) is 9.18 Å². The van der Waals surface area contributed by atoms with E-state index in [9.17, 15) is 9.18 Å².